The first-order chi connectivity index (χ1) is 7.84. The number of rotatable bonds is 1. The van der Waals surface area contributed by atoms with Crippen molar-refractivity contribution in [3.63, 3.8) is 0 Å². The van der Waals surface area contributed by atoms with E-state index in [-0.39, 0.29) is 0 Å². The molecule has 1 aliphatic heterocycles. The van der Waals surface area contributed by atoms with E-state index in [0.29, 0.717) is 6.17 Å². The molecule has 1 N–H and O–H groups in total. The maximum absolute atomic E-state index is 4.49. The summed E-state index contributed by atoms with van der Waals surface area (Å²) >= 11 is 0. The van der Waals surface area contributed by atoms with E-state index in [1.807, 2.05) is 18.3 Å². The average Bonchev–Trinajstić information content (AvgIpc) is 2.75. The highest BCUT2D eigenvalue weighted by atomic mass is 15.3. The molecule has 3 heteroatoms. The van der Waals surface area contributed by atoms with Crippen LogP contribution in [0.5, 0.6) is 0 Å². The van der Waals surface area contributed by atoms with Crippen LogP contribution in [0.1, 0.15) is 11.7 Å². The smallest absolute Gasteiger partial charge is 0.0874 e. The maximum atomic E-state index is 4.49. The summed E-state index contributed by atoms with van der Waals surface area (Å²) in [5.74, 6) is 0. The van der Waals surface area contributed by atoms with Crippen molar-refractivity contribution >= 4 is 10.9 Å². The number of aromatic nitrogens is 1. The zero-order valence-electron chi connectivity index (χ0n) is 9.35. The molecule has 0 saturated carbocycles. The summed E-state index contributed by atoms with van der Waals surface area (Å²) < 4.78 is 0. The van der Waals surface area contributed by atoms with E-state index >= 15 is 0 Å². The summed E-state index contributed by atoms with van der Waals surface area (Å²) in [4.78, 5) is 6.80. The summed E-state index contributed by atoms with van der Waals surface area (Å²) in [6.07, 6.45) is 2.29. The van der Waals surface area contributed by atoms with Gasteiger partial charge >= 0.3 is 0 Å². The van der Waals surface area contributed by atoms with Gasteiger partial charge in [0.05, 0.1) is 11.7 Å². The van der Waals surface area contributed by atoms with Crippen LogP contribution in [0, 0.1) is 0 Å². The van der Waals surface area contributed by atoms with Gasteiger partial charge in [-0.05, 0) is 19.2 Å². The first-order valence-electron chi connectivity index (χ1n) is 5.63. The first kappa shape index (κ1) is 9.75. The van der Waals surface area contributed by atoms with Crippen molar-refractivity contribution < 1.29 is 0 Å². The highest BCUT2D eigenvalue weighted by molar-refractivity contribution is 5.78. The van der Waals surface area contributed by atoms with Gasteiger partial charge in [-0.25, -0.2) is 0 Å². The summed E-state index contributed by atoms with van der Waals surface area (Å²) in [5, 5.41) is 4.68. The van der Waals surface area contributed by atoms with E-state index in [2.05, 4.69) is 40.4 Å². The van der Waals surface area contributed by atoms with Gasteiger partial charge in [0.1, 0.15) is 0 Å². The largest absolute Gasteiger partial charge is 0.297 e. The van der Waals surface area contributed by atoms with Crippen LogP contribution in [-0.2, 0) is 0 Å². The molecule has 0 spiro atoms. The normalized spacial score (nSPS) is 21.7. The molecule has 0 aliphatic carbocycles. The first-order valence-corrected chi connectivity index (χ1v) is 5.63. The molecule has 1 saturated heterocycles. The van der Waals surface area contributed by atoms with Gasteiger partial charge in [-0.15, -0.1) is 0 Å². The number of likely N-dealkylation sites (N-methyl/N-ethyl adjacent to an activating group) is 1. The third-order valence-electron chi connectivity index (χ3n) is 3.17. The molecule has 16 heavy (non-hydrogen) atoms. The van der Waals surface area contributed by atoms with Crippen LogP contribution in [0.2, 0.25) is 0 Å². The minimum absolute atomic E-state index is 0.317. The highest BCUT2D eigenvalue weighted by Gasteiger charge is 2.21. The number of benzene rings is 1. The number of hydrogen-bond donors (Lipinski definition) is 1. The van der Waals surface area contributed by atoms with Gasteiger partial charge in [0.25, 0.3) is 0 Å². The summed E-state index contributed by atoms with van der Waals surface area (Å²) in [7, 11) is 2.14. The molecule has 3 rings (SSSR count). The van der Waals surface area contributed by atoms with Crippen molar-refractivity contribution in [1.82, 2.24) is 15.2 Å². The minimum atomic E-state index is 0.317. The molecule has 1 fully saturated rings. The SMILES string of the molecule is CN1CCNC1c1cnc2ccccc2c1. The number of fused-ring (bicyclic) bond motifs is 1. The molecule has 0 amide bonds. The third-order valence-corrected chi connectivity index (χ3v) is 3.17. The zero-order chi connectivity index (χ0) is 11.0. The quantitative estimate of drug-likeness (QED) is 0.782. The van der Waals surface area contributed by atoms with Crippen LogP contribution < -0.4 is 5.32 Å². The maximum Gasteiger partial charge on any atom is 0.0874 e. The second-order valence-corrected chi connectivity index (χ2v) is 4.30. The lowest BCUT2D eigenvalue weighted by molar-refractivity contribution is 0.301. The fourth-order valence-electron chi connectivity index (χ4n) is 2.27. The summed E-state index contributed by atoms with van der Waals surface area (Å²) in [6, 6.07) is 10.5. The van der Waals surface area contributed by atoms with E-state index in [1.54, 1.807) is 0 Å². The predicted molar refractivity (Wildman–Crippen MR) is 65.1 cm³/mol. The molecule has 1 aromatic heterocycles. The Hall–Kier alpha value is -1.45. The fraction of sp³-hybridized carbons (Fsp3) is 0.308. The Kier molecular flexibility index (Phi) is 2.35. The van der Waals surface area contributed by atoms with Crippen molar-refractivity contribution in [3.8, 4) is 0 Å². The monoisotopic (exact) mass is 213 g/mol. The van der Waals surface area contributed by atoms with Gasteiger partial charge in [0, 0.05) is 30.2 Å². The highest BCUT2D eigenvalue weighted by Crippen LogP contribution is 2.22. The minimum Gasteiger partial charge on any atom is -0.297 e. The zero-order valence-corrected chi connectivity index (χ0v) is 9.35. The Labute approximate surface area is 95.1 Å². The lowest BCUT2D eigenvalue weighted by atomic mass is 10.1. The van der Waals surface area contributed by atoms with Crippen molar-refractivity contribution in [3.05, 3.63) is 42.1 Å². The van der Waals surface area contributed by atoms with E-state index in [9.17, 15) is 0 Å². The molecule has 82 valence electrons. The average molecular weight is 213 g/mol. The van der Waals surface area contributed by atoms with Crippen molar-refractivity contribution in [2.24, 2.45) is 0 Å². The van der Waals surface area contributed by atoms with Crippen LogP contribution in [0.3, 0.4) is 0 Å². The Morgan fingerprint density at radius 2 is 2.25 bits per heavy atom. The molecular formula is C13H15N3. The predicted octanol–water partition coefficient (Wildman–Crippen LogP) is 1.77. The van der Waals surface area contributed by atoms with Crippen LogP contribution in [0.25, 0.3) is 10.9 Å². The molecule has 1 aliphatic rings. The number of nitrogens with one attached hydrogen (secondary N) is 1. The number of para-hydroxylation sites is 1. The Morgan fingerprint density at radius 3 is 3.06 bits per heavy atom. The van der Waals surface area contributed by atoms with Crippen LogP contribution >= 0.6 is 0 Å². The van der Waals surface area contributed by atoms with Crippen molar-refractivity contribution in [2.75, 3.05) is 20.1 Å². The topological polar surface area (TPSA) is 28.2 Å². The van der Waals surface area contributed by atoms with E-state index < -0.39 is 0 Å². The molecule has 1 aromatic carbocycles. The Morgan fingerprint density at radius 1 is 1.38 bits per heavy atom. The number of nitrogens with zero attached hydrogens (tertiary/aromatic N) is 2. The van der Waals surface area contributed by atoms with Crippen LogP contribution in [0.15, 0.2) is 36.5 Å². The van der Waals surface area contributed by atoms with Crippen molar-refractivity contribution in [1.29, 1.82) is 0 Å². The molecule has 1 atom stereocenters. The molecule has 0 radical (unpaired) electrons. The molecule has 3 nitrogen and oxygen atoms in total. The van der Waals surface area contributed by atoms with Gasteiger partial charge in [-0.3, -0.25) is 15.2 Å². The van der Waals surface area contributed by atoms with E-state index in [0.717, 1.165) is 18.6 Å². The molecule has 2 heterocycles. The Balaban J connectivity index is 2.04. The van der Waals surface area contributed by atoms with Gasteiger partial charge in [-0.1, -0.05) is 18.2 Å². The summed E-state index contributed by atoms with van der Waals surface area (Å²) in [5.41, 5.74) is 2.31. The summed E-state index contributed by atoms with van der Waals surface area (Å²) in [6.45, 7) is 2.14. The third kappa shape index (κ3) is 1.58. The Bertz CT molecular complexity index is 509. The van der Waals surface area contributed by atoms with Gasteiger partial charge in [0.15, 0.2) is 0 Å². The number of hydrogen-bond acceptors (Lipinski definition) is 3. The van der Waals surface area contributed by atoms with Gasteiger partial charge < -0.3 is 0 Å². The van der Waals surface area contributed by atoms with Crippen LogP contribution in [0.4, 0.5) is 0 Å². The van der Waals surface area contributed by atoms with Crippen LogP contribution in [-0.4, -0.2) is 30.0 Å². The molecule has 0 bridgehead atoms. The molecule has 2 aromatic rings. The van der Waals surface area contributed by atoms with Gasteiger partial charge in [0.2, 0.25) is 0 Å². The molecular weight excluding hydrogens is 198 g/mol. The number of pyridine rings is 1. The lowest BCUT2D eigenvalue weighted by Gasteiger charge is -2.19. The van der Waals surface area contributed by atoms with E-state index in [4.69, 9.17) is 0 Å². The molecule has 1 unspecified atom stereocenters. The van der Waals surface area contributed by atoms with E-state index in [1.165, 1.54) is 10.9 Å². The fourth-order valence-corrected chi connectivity index (χ4v) is 2.27. The second-order valence-electron chi connectivity index (χ2n) is 4.30. The van der Waals surface area contributed by atoms with Crippen molar-refractivity contribution in [2.45, 2.75) is 6.17 Å². The van der Waals surface area contributed by atoms with Gasteiger partial charge in [-0.2, -0.15) is 0 Å². The second kappa shape index (κ2) is 3.85. The standard InChI is InChI=1S/C13H15N3/c1-16-7-6-14-13(16)11-8-10-4-2-3-5-12(10)15-9-11/h2-5,8-9,13-14H,6-7H2,1H3. The lowest BCUT2D eigenvalue weighted by Crippen LogP contribution is -2.23.